The van der Waals surface area contributed by atoms with Gasteiger partial charge in [0.2, 0.25) is 0 Å². The van der Waals surface area contributed by atoms with Gasteiger partial charge < -0.3 is 15.0 Å². The Morgan fingerprint density at radius 1 is 1.37 bits per heavy atom. The second-order valence-corrected chi connectivity index (χ2v) is 5.43. The molecule has 1 aromatic rings. The number of para-hydroxylation sites is 1. The maximum atomic E-state index is 12.3. The molecule has 1 N–H and O–H groups in total. The number of carbonyl (C=O) groups excluding carboxylic acids is 1. The number of hydrogen-bond acceptors (Lipinski definition) is 2. The van der Waals surface area contributed by atoms with E-state index in [9.17, 15) is 4.79 Å². The summed E-state index contributed by atoms with van der Waals surface area (Å²) in [5.41, 5.74) is 1.64. The number of nitrogens with zero attached hydrogens (tertiary/aromatic N) is 1. The molecule has 0 saturated carbocycles. The Kier molecular flexibility index (Phi) is 4.32. The molecular formula is C14H19ClN2O2. The molecule has 0 radical (unpaired) electrons. The third-order valence-electron chi connectivity index (χ3n) is 3.16. The van der Waals surface area contributed by atoms with Crippen molar-refractivity contribution >= 4 is 23.3 Å². The highest BCUT2D eigenvalue weighted by atomic mass is 35.5. The van der Waals surface area contributed by atoms with E-state index >= 15 is 0 Å². The lowest BCUT2D eigenvalue weighted by atomic mass is 10.2. The number of nitrogens with one attached hydrogen (secondary N) is 1. The third-order valence-corrected chi connectivity index (χ3v) is 3.48. The van der Waals surface area contributed by atoms with Gasteiger partial charge in [-0.2, -0.15) is 0 Å². The Bertz CT molecular complexity index is 448. The predicted octanol–water partition coefficient (Wildman–Crippen LogP) is 3.29. The van der Waals surface area contributed by atoms with Gasteiger partial charge in [0.15, 0.2) is 0 Å². The third kappa shape index (κ3) is 3.39. The minimum absolute atomic E-state index is 0.0573. The molecule has 0 unspecified atom stereocenters. The summed E-state index contributed by atoms with van der Waals surface area (Å²) in [4.78, 5) is 14.0. The van der Waals surface area contributed by atoms with Crippen molar-refractivity contribution in [2.45, 2.75) is 33.0 Å². The smallest absolute Gasteiger partial charge is 0.322 e. The summed E-state index contributed by atoms with van der Waals surface area (Å²) in [6, 6.07) is 5.44. The van der Waals surface area contributed by atoms with Crippen LogP contribution < -0.4 is 5.32 Å². The van der Waals surface area contributed by atoms with Crippen molar-refractivity contribution in [2.75, 3.05) is 18.4 Å². The van der Waals surface area contributed by atoms with Gasteiger partial charge in [0, 0.05) is 13.1 Å². The van der Waals surface area contributed by atoms with Crippen molar-refractivity contribution in [1.29, 1.82) is 0 Å². The summed E-state index contributed by atoms with van der Waals surface area (Å²) in [5, 5.41) is 3.45. The molecule has 1 heterocycles. The molecule has 2 atom stereocenters. The van der Waals surface area contributed by atoms with Gasteiger partial charge in [-0.25, -0.2) is 4.79 Å². The zero-order valence-electron chi connectivity index (χ0n) is 11.4. The summed E-state index contributed by atoms with van der Waals surface area (Å²) < 4.78 is 5.62. The van der Waals surface area contributed by atoms with E-state index in [1.54, 1.807) is 11.0 Å². The minimum atomic E-state index is -0.127. The summed E-state index contributed by atoms with van der Waals surface area (Å²) in [5.74, 6) is 0. The first-order chi connectivity index (χ1) is 8.97. The Hall–Kier alpha value is -1.26. The van der Waals surface area contributed by atoms with Crippen LogP contribution >= 0.6 is 11.6 Å². The summed E-state index contributed by atoms with van der Waals surface area (Å²) in [6.45, 7) is 7.05. The number of urea groups is 1. The number of morpholine rings is 1. The highest BCUT2D eigenvalue weighted by Crippen LogP contribution is 2.25. The molecule has 0 spiro atoms. The zero-order chi connectivity index (χ0) is 14.0. The topological polar surface area (TPSA) is 41.6 Å². The van der Waals surface area contributed by atoms with Gasteiger partial charge in [0.05, 0.1) is 22.9 Å². The van der Waals surface area contributed by atoms with Gasteiger partial charge in [0.1, 0.15) is 0 Å². The van der Waals surface area contributed by atoms with Crippen LogP contribution in [0, 0.1) is 6.92 Å². The van der Waals surface area contributed by atoms with Crippen molar-refractivity contribution in [1.82, 2.24) is 4.90 Å². The molecule has 5 heteroatoms. The van der Waals surface area contributed by atoms with E-state index in [0.29, 0.717) is 23.8 Å². The molecule has 1 aliphatic rings. The number of amides is 2. The summed E-state index contributed by atoms with van der Waals surface area (Å²) >= 11 is 6.11. The number of anilines is 1. The molecular weight excluding hydrogens is 264 g/mol. The van der Waals surface area contributed by atoms with Crippen molar-refractivity contribution < 1.29 is 9.53 Å². The lowest BCUT2D eigenvalue weighted by molar-refractivity contribution is -0.0530. The van der Waals surface area contributed by atoms with Crippen molar-refractivity contribution in [3.63, 3.8) is 0 Å². The highest BCUT2D eigenvalue weighted by Gasteiger charge is 2.26. The van der Waals surface area contributed by atoms with Gasteiger partial charge in [-0.15, -0.1) is 0 Å². The van der Waals surface area contributed by atoms with E-state index < -0.39 is 0 Å². The molecule has 2 amide bonds. The van der Waals surface area contributed by atoms with Gasteiger partial charge >= 0.3 is 6.03 Å². The fraction of sp³-hybridized carbons (Fsp3) is 0.500. The average Bonchev–Trinajstić information content (AvgIpc) is 2.32. The van der Waals surface area contributed by atoms with Crippen LogP contribution in [0.4, 0.5) is 10.5 Å². The number of carbonyl (C=O) groups is 1. The molecule has 1 fully saturated rings. The summed E-state index contributed by atoms with van der Waals surface area (Å²) in [7, 11) is 0. The van der Waals surface area contributed by atoms with E-state index in [0.717, 1.165) is 5.56 Å². The number of benzene rings is 1. The van der Waals surface area contributed by atoms with Crippen LogP contribution in [0.2, 0.25) is 5.02 Å². The maximum absolute atomic E-state index is 12.3. The highest BCUT2D eigenvalue weighted by molar-refractivity contribution is 6.33. The number of ether oxygens (including phenoxy) is 1. The first kappa shape index (κ1) is 14.2. The van der Waals surface area contributed by atoms with E-state index in [2.05, 4.69) is 5.32 Å². The molecule has 1 saturated heterocycles. The molecule has 1 aliphatic heterocycles. The SMILES string of the molecule is Cc1cccc(Cl)c1NC(=O)N1C[C@@H](C)O[C@H](C)C1. The van der Waals surface area contributed by atoms with Crippen LogP contribution in [0.1, 0.15) is 19.4 Å². The zero-order valence-corrected chi connectivity index (χ0v) is 12.2. The number of halogens is 1. The molecule has 0 bridgehead atoms. The monoisotopic (exact) mass is 282 g/mol. The van der Waals surface area contributed by atoms with Gasteiger partial charge in [-0.05, 0) is 32.4 Å². The lowest BCUT2D eigenvalue weighted by Gasteiger charge is -2.35. The normalized spacial score (nSPS) is 23.3. The van der Waals surface area contributed by atoms with Crippen molar-refractivity contribution in [2.24, 2.45) is 0 Å². The fourth-order valence-corrected chi connectivity index (χ4v) is 2.59. The Morgan fingerprint density at radius 3 is 2.58 bits per heavy atom. The van der Waals surface area contributed by atoms with E-state index in [1.165, 1.54) is 0 Å². The predicted molar refractivity (Wildman–Crippen MR) is 76.8 cm³/mol. The van der Waals surface area contributed by atoms with Crippen LogP contribution in [0.3, 0.4) is 0 Å². The van der Waals surface area contributed by atoms with E-state index in [1.807, 2.05) is 32.9 Å². The molecule has 19 heavy (non-hydrogen) atoms. The standard InChI is InChI=1S/C14H19ClN2O2/c1-9-5-4-6-12(15)13(9)16-14(18)17-7-10(2)19-11(3)8-17/h4-6,10-11H,7-8H2,1-3H3,(H,16,18)/t10-,11-/m1/s1. The van der Waals surface area contributed by atoms with Crippen LogP contribution in [0.25, 0.3) is 0 Å². The maximum Gasteiger partial charge on any atom is 0.322 e. The van der Waals surface area contributed by atoms with Crippen LogP contribution in [0.15, 0.2) is 18.2 Å². The number of rotatable bonds is 1. The lowest BCUT2D eigenvalue weighted by Crippen LogP contribution is -2.49. The van der Waals surface area contributed by atoms with E-state index in [-0.39, 0.29) is 18.2 Å². The second kappa shape index (κ2) is 5.80. The van der Waals surface area contributed by atoms with Gasteiger partial charge in [-0.1, -0.05) is 23.7 Å². The summed E-state index contributed by atoms with van der Waals surface area (Å²) in [6.07, 6.45) is 0.115. The molecule has 0 aromatic heterocycles. The fourth-order valence-electron chi connectivity index (χ4n) is 2.32. The van der Waals surface area contributed by atoms with Crippen LogP contribution in [-0.4, -0.2) is 36.2 Å². The quantitative estimate of drug-likeness (QED) is 0.859. The first-order valence-electron chi connectivity index (χ1n) is 6.44. The largest absolute Gasteiger partial charge is 0.372 e. The number of aryl methyl sites for hydroxylation is 1. The Morgan fingerprint density at radius 2 is 2.00 bits per heavy atom. The molecule has 104 valence electrons. The van der Waals surface area contributed by atoms with E-state index in [4.69, 9.17) is 16.3 Å². The average molecular weight is 283 g/mol. The minimum Gasteiger partial charge on any atom is -0.372 e. The molecule has 0 aliphatic carbocycles. The second-order valence-electron chi connectivity index (χ2n) is 5.02. The molecule has 1 aromatic carbocycles. The van der Waals surface area contributed by atoms with Gasteiger partial charge in [-0.3, -0.25) is 0 Å². The molecule has 2 rings (SSSR count). The first-order valence-corrected chi connectivity index (χ1v) is 6.81. The van der Waals surface area contributed by atoms with Crippen LogP contribution in [-0.2, 0) is 4.74 Å². The Balaban J connectivity index is 2.08. The van der Waals surface area contributed by atoms with Crippen molar-refractivity contribution in [3.05, 3.63) is 28.8 Å². The van der Waals surface area contributed by atoms with Crippen molar-refractivity contribution in [3.8, 4) is 0 Å². The van der Waals surface area contributed by atoms with Gasteiger partial charge in [0.25, 0.3) is 0 Å². The Labute approximate surface area is 118 Å². The molecule has 4 nitrogen and oxygen atoms in total. The van der Waals surface area contributed by atoms with Crippen LogP contribution in [0.5, 0.6) is 0 Å². The number of hydrogen-bond donors (Lipinski definition) is 1.